The first kappa shape index (κ1) is 19.2. The third-order valence-electron chi connectivity index (χ3n) is 4.73. The summed E-state index contributed by atoms with van der Waals surface area (Å²) >= 11 is 12.3. The molecule has 2 aromatic rings. The van der Waals surface area contributed by atoms with Crippen molar-refractivity contribution in [2.75, 3.05) is 13.1 Å². The Bertz CT molecular complexity index is 764. The van der Waals surface area contributed by atoms with Gasteiger partial charge in [-0.15, -0.1) is 0 Å². The van der Waals surface area contributed by atoms with Crippen molar-refractivity contribution in [1.82, 2.24) is 10.2 Å². The first-order valence-electron chi connectivity index (χ1n) is 8.71. The molecule has 0 aliphatic carbocycles. The van der Waals surface area contributed by atoms with E-state index >= 15 is 0 Å². The van der Waals surface area contributed by atoms with Crippen LogP contribution in [0.25, 0.3) is 0 Å². The summed E-state index contributed by atoms with van der Waals surface area (Å²) in [6.45, 7) is 2.26. The summed E-state index contributed by atoms with van der Waals surface area (Å²) < 4.78 is 14.0. The van der Waals surface area contributed by atoms with E-state index in [4.69, 9.17) is 23.2 Å². The van der Waals surface area contributed by atoms with Gasteiger partial charge in [0, 0.05) is 35.2 Å². The lowest BCUT2D eigenvalue weighted by atomic mass is 9.96. The molecule has 6 heteroatoms. The summed E-state index contributed by atoms with van der Waals surface area (Å²) in [5, 5.41) is 4.04. The minimum atomic E-state index is -0.303. The fourth-order valence-electron chi connectivity index (χ4n) is 3.29. The van der Waals surface area contributed by atoms with E-state index in [9.17, 15) is 9.18 Å². The molecule has 1 aliphatic heterocycles. The number of piperidine rings is 1. The van der Waals surface area contributed by atoms with Gasteiger partial charge in [0.05, 0.1) is 5.92 Å². The van der Waals surface area contributed by atoms with Crippen molar-refractivity contribution in [3.8, 4) is 0 Å². The summed E-state index contributed by atoms with van der Waals surface area (Å²) in [7, 11) is 0. The average molecular weight is 395 g/mol. The Labute approximate surface area is 163 Å². The molecule has 0 bridgehead atoms. The molecule has 1 unspecified atom stereocenters. The third-order valence-corrected chi connectivity index (χ3v) is 5.45. The van der Waals surface area contributed by atoms with Crippen LogP contribution in [-0.2, 0) is 17.9 Å². The lowest BCUT2D eigenvalue weighted by molar-refractivity contribution is -0.126. The second-order valence-corrected chi connectivity index (χ2v) is 7.40. The van der Waals surface area contributed by atoms with Gasteiger partial charge in [0.1, 0.15) is 5.82 Å². The van der Waals surface area contributed by atoms with Gasteiger partial charge < -0.3 is 5.32 Å². The maximum absolute atomic E-state index is 14.0. The van der Waals surface area contributed by atoms with Crippen LogP contribution in [0.3, 0.4) is 0 Å². The molecule has 2 aromatic carbocycles. The Kier molecular flexibility index (Phi) is 6.52. The fraction of sp³-hybridized carbons (Fsp3) is 0.350. The summed E-state index contributed by atoms with van der Waals surface area (Å²) in [5.74, 6) is -0.408. The molecule has 1 fully saturated rings. The molecule has 0 spiro atoms. The van der Waals surface area contributed by atoms with E-state index in [2.05, 4.69) is 10.2 Å². The van der Waals surface area contributed by atoms with Gasteiger partial charge in [-0.3, -0.25) is 9.69 Å². The molecule has 0 saturated carbocycles. The number of carbonyl (C=O) groups excluding carboxylic acids is 1. The van der Waals surface area contributed by atoms with Gasteiger partial charge in [-0.05, 0) is 43.1 Å². The summed E-state index contributed by atoms with van der Waals surface area (Å²) in [4.78, 5) is 14.6. The van der Waals surface area contributed by atoms with E-state index in [0.717, 1.165) is 24.9 Å². The summed E-state index contributed by atoms with van der Waals surface area (Å²) in [6.07, 6.45) is 1.73. The number of nitrogens with zero attached hydrogens (tertiary/aromatic N) is 1. The highest BCUT2D eigenvalue weighted by Crippen LogP contribution is 2.24. The number of hydrogen-bond donors (Lipinski definition) is 1. The maximum atomic E-state index is 14.0. The molecule has 0 aromatic heterocycles. The first-order chi connectivity index (χ1) is 12.5. The van der Waals surface area contributed by atoms with Gasteiger partial charge >= 0.3 is 0 Å². The van der Waals surface area contributed by atoms with Crippen molar-refractivity contribution in [2.45, 2.75) is 25.9 Å². The number of hydrogen-bond acceptors (Lipinski definition) is 2. The molecule has 1 atom stereocenters. The van der Waals surface area contributed by atoms with Crippen LogP contribution in [-0.4, -0.2) is 23.9 Å². The van der Waals surface area contributed by atoms with Crippen molar-refractivity contribution in [2.24, 2.45) is 5.92 Å². The lowest BCUT2D eigenvalue weighted by Crippen LogP contribution is -2.42. The van der Waals surface area contributed by atoms with E-state index in [1.165, 1.54) is 6.07 Å². The van der Waals surface area contributed by atoms with E-state index in [0.29, 0.717) is 35.2 Å². The van der Waals surface area contributed by atoms with E-state index in [1.54, 1.807) is 12.1 Å². The highest BCUT2D eigenvalue weighted by Gasteiger charge is 2.26. The van der Waals surface area contributed by atoms with Crippen LogP contribution in [0.1, 0.15) is 24.0 Å². The van der Waals surface area contributed by atoms with Crippen LogP contribution in [0.2, 0.25) is 10.0 Å². The first-order valence-corrected chi connectivity index (χ1v) is 9.46. The molecular weight excluding hydrogens is 374 g/mol. The molecule has 3 nitrogen and oxygen atoms in total. The fourth-order valence-corrected chi connectivity index (χ4v) is 3.71. The average Bonchev–Trinajstić information content (AvgIpc) is 2.64. The van der Waals surface area contributed by atoms with E-state index < -0.39 is 0 Å². The Morgan fingerprint density at radius 1 is 1.15 bits per heavy atom. The zero-order chi connectivity index (χ0) is 18.5. The Hall–Kier alpha value is -1.62. The Balaban J connectivity index is 1.57. The monoisotopic (exact) mass is 394 g/mol. The van der Waals surface area contributed by atoms with E-state index in [1.807, 2.05) is 24.3 Å². The normalized spacial score (nSPS) is 17.9. The minimum absolute atomic E-state index is 0.00857. The third kappa shape index (κ3) is 4.76. The number of amides is 1. The van der Waals surface area contributed by atoms with Crippen LogP contribution in [0.15, 0.2) is 42.5 Å². The van der Waals surface area contributed by atoms with Gasteiger partial charge in [0.15, 0.2) is 0 Å². The Morgan fingerprint density at radius 3 is 2.69 bits per heavy atom. The van der Waals surface area contributed by atoms with Crippen LogP contribution >= 0.6 is 23.2 Å². The Morgan fingerprint density at radius 2 is 1.92 bits per heavy atom. The van der Waals surface area contributed by atoms with Crippen LogP contribution < -0.4 is 5.32 Å². The van der Waals surface area contributed by atoms with Gasteiger partial charge in [-0.1, -0.05) is 47.5 Å². The minimum Gasteiger partial charge on any atom is -0.352 e. The highest BCUT2D eigenvalue weighted by molar-refractivity contribution is 6.31. The highest BCUT2D eigenvalue weighted by atomic mass is 35.5. The topological polar surface area (TPSA) is 32.3 Å². The van der Waals surface area contributed by atoms with E-state index in [-0.39, 0.29) is 17.6 Å². The lowest BCUT2D eigenvalue weighted by Gasteiger charge is -2.32. The van der Waals surface area contributed by atoms with Crippen molar-refractivity contribution < 1.29 is 9.18 Å². The van der Waals surface area contributed by atoms with Gasteiger partial charge in [-0.2, -0.15) is 0 Å². The van der Waals surface area contributed by atoms with Crippen molar-refractivity contribution in [3.63, 3.8) is 0 Å². The number of halogens is 3. The molecule has 1 aliphatic rings. The number of rotatable bonds is 5. The summed E-state index contributed by atoms with van der Waals surface area (Å²) in [6, 6.07) is 12.2. The van der Waals surface area contributed by atoms with Gasteiger partial charge in [-0.25, -0.2) is 4.39 Å². The molecule has 1 N–H and O–H groups in total. The van der Waals surface area contributed by atoms with Crippen molar-refractivity contribution in [1.29, 1.82) is 0 Å². The standard InChI is InChI=1S/C20H21Cl2FN2O/c21-17-7-2-1-5-14(17)11-24-20(26)15-6-4-10-25(12-15)13-16-18(22)8-3-9-19(16)23/h1-3,5,7-9,15H,4,6,10-13H2,(H,24,26). The van der Waals surface area contributed by atoms with Crippen LogP contribution in [0.4, 0.5) is 4.39 Å². The SMILES string of the molecule is O=C(NCc1ccccc1Cl)C1CCCN(Cc2c(F)cccc2Cl)C1. The molecule has 1 saturated heterocycles. The largest absolute Gasteiger partial charge is 0.352 e. The van der Waals surface area contributed by atoms with Crippen molar-refractivity contribution >= 4 is 29.1 Å². The zero-order valence-corrected chi connectivity index (χ0v) is 15.9. The number of carbonyl (C=O) groups is 1. The quantitative estimate of drug-likeness (QED) is 0.799. The molecule has 0 radical (unpaired) electrons. The summed E-state index contributed by atoms with van der Waals surface area (Å²) in [5.41, 5.74) is 1.39. The number of benzene rings is 2. The predicted octanol–water partition coefficient (Wildman–Crippen LogP) is 4.66. The van der Waals surface area contributed by atoms with Gasteiger partial charge in [0.25, 0.3) is 0 Å². The molecule has 3 rings (SSSR count). The molecule has 1 amide bonds. The van der Waals surface area contributed by atoms with Crippen molar-refractivity contribution in [3.05, 3.63) is 69.5 Å². The molecular formula is C20H21Cl2FN2O. The second kappa shape index (κ2) is 8.85. The molecule has 26 heavy (non-hydrogen) atoms. The number of nitrogens with one attached hydrogen (secondary N) is 1. The van der Waals surface area contributed by atoms with Gasteiger partial charge in [0.2, 0.25) is 5.91 Å². The van der Waals surface area contributed by atoms with Crippen LogP contribution in [0.5, 0.6) is 0 Å². The van der Waals surface area contributed by atoms with Crippen LogP contribution in [0, 0.1) is 11.7 Å². The molecule has 1 heterocycles. The molecule has 138 valence electrons. The second-order valence-electron chi connectivity index (χ2n) is 6.58. The smallest absolute Gasteiger partial charge is 0.224 e. The zero-order valence-electron chi connectivity index (χ0n) is 14.4. The number of likely N-dealkylation sites (tertiary alicyclic amines) is 1. The predicted molar refractivity (Wildman–Crippen MR) is 103 cm³/mol. The maximum Gasteiger partial charge on any atom is 0.224 e.